The van der Waals surface area contributed by atoms with Crippen LogP contribution in [-0.4, -0.2) is 23.5 Å². The van der Waals surface area contributed by atoms with Crippen molar-refractivity contribution < 1.29 is 14.7 Å². The lowest BCUT2D eigenvalue weighted by Crippen LogP contribution is -2.29. The first-order chi connectivity index (χ1) is 8.60. The first-order valence-corrected chi connectivity index (χ1v) is 5.90. The summed E-state index contributed by atoms with van der Waals surface area (Å²) in [7, 11) is 0. The fourth-order valence-electron chi connectivity index (χ4n) is 1.75. The molecular weight excluding hydrogens is 230 g/mol. The van der Waals surface area contributed by atoms with Gasteiger partial charge in [-0.2, -0.15) is 0 Å². The summed E-state index contributed by atoms with van der Waals surface area (Å²) in [5, 5.41) is 8.53. The van der Waals surface area contributed by atoms with Crippen molar-refractivity contribution in [3.05, 3.63) is 42.0 Å². The molecule has 4 nitrogen and oxygen atoms in total. The van der Waals surface area contributed by atoms with Crippen molar-refractivity contribution in [1.29, 1.82) is 0 Å². The third-order valence-corrected chi connectivity index (χ3v) is 2.61. The smallest absolute Gasteiger partial charge is 0.328 e. The number of carboxylic acids is 1. The van der Waals surface area contributed by atoms with Gasteiger partial charge >= 0.3 is 5.97 Å². The summed E-state index contributed by atoms with van der Waals surface area (Å²) in [5.41, 5.74) is 1.90. The van der Waals surface area contributed by atoms with Crippen LogP contribution >= 0.6 is 0 Å². The molecule has 1 rings (SSSR count). The van der Waals surface area contributed by atoms with Crippen LogP contribution in [0.1, 0.15) is 19.4 Å². The Hall–Kier alpha value is -2.10. The zero-order valence-corrected chi connectivity index (χ0v) is 10.6. The molecular formula is C14H17NO3. The number of anilines is 1. The molecule has 0 spiro atoms. The molecule has 0 aliphatic heterocycles. The molecule has 0 fully saturated rings. The van der Waals surface area contributed by atoms with Crippen LogP contribution < -0.4 is 4.90 Å². The quantitative estimate of drug-likeness (QED) is 0.812. The SMILES string of the molecule is CCc1ccccc1N(CC)C(=O)C=CC(=O)O. The van der Waals surface area contributed by atoms with Crippen LogP contribution in [0.15, 0.2) is 36.4 Å². The molecule has 0 heterocycles. The lowest BCUT2D eigenvalue weighted by atomic mass is 10.1. The summed E-state index contributed by atoms with van der Waals surface area (Å²) in [6, 6.07) is 7.63. The summed E-state index contributed by atoms with van der Waals surface area (Å²) in [6.45, 7) is 4.38. The molecule has 0 aliphatic rings. The predicted octanol–water partition coefficient (Wildman–Crippen LogP) is 2.24. The Morgan fingerprint density at radius 3 is 2.44 bits per heavy atom. The fourth-order valence-corrected chi connectivity index (χ4v) is 1.75. The Balaban J connectivity index is 3.02. The maximum absolute atomic E-state index is 11.9. The van der Waals surface area contributed by atoms with Gasteiger partial charge in [-0.05, 0) is 25.0 Å². The lowest BCUT2D eigenvalue weighted by molar-refractivity contribution is -0.131. The van der Waals surface area contributed by atoms with Crippen LogP contribution in [-0.2, 0) is 16.0 Å². The third kappa shape index (κ3) is 3.45. The number of carboxylic acid groups (broad SMARTS) is 1. The first-order valence-electron chi connectivity index (χ1n) is 5.90. The number of carbonyl (C=O) groups is 2. The van der Waals surface area contributed by atoms with E-state index in [0.29, 0.717) is 6.54 Å². The van der Waals surface area contributed by atoms with Gasteiger partial charge in [-0.3, -0.25) is 4.79 Å². The standard InChI is InChI=1S/C14H17NO3/c1-3-11-7-5-6-8-12(11)15(4-2)13(16)9-10-14(17)18/h5-10H,3-4H2,1-2H3,(H,17,18). The Morgan fingerprint density at radius 1 is 1.22 bits per heavy atom. The highest BCUT2D eigenvalue weighted by Gasteiger charge is 2.13. The molecule has 96 valence electrons. The van der Waals surface area contributed by atoms with Crippen LogP contribution in [0.25, 0.3) is 0 Å². The number of aliphatic carboxylic acids is 1. The van der Waals surface area contributed by atoms with E-state index in [4.69, 9.17) is 5.11 Å². The summed E-state index contributed by atoms with van der Waals surface area (Å²) >= 11 is 0. The molecule has 0 bridgehead atoms. The Labute approximate surface area is 107 Å². The molecule has 18 heavy (non-hydrogen) atoms. The molecule has 1 aromatic carbocycles. The van der Waals surface area contributed by atoms with Gasteiger partial charge in [0.1, 0.15) is 0 Å². The number of rotatable bonds is 5. The average molecular weight is 247 g/mol. The van der Waals surface area contributed by atoms with Crippen LogP contribution in [0.4, 0.5) is 5.69 Å². The number of hydrogen-bond donors (Lipinski definition) is 1. The molecule has 0 saturated heterocycles. The number of nitrogens with zero attached hydrogens (tertiary/aromatic N) is 1. The van der Waals surface area contributed by atoms with Crippen molar-refractivity contribution in [3.63, 3.8) is 0 Å². The van der Waals surface area contributed by atoms with Crippen LogP contribution in [0, 0.1) is 0 Å². The van der Waals surface area contributed by atoms with Crippen molar-refractivity contribution in [2.24, 2.45) is 0 Å². The second kappa shape index (κ2) is 6.59. The molecule has 1 N–H and O–H groups in total. The second-order valence-corrected chi connectivity index (χ2v) is 3.74. The van der Waals surface area contributed by atoms with Crippen LogP contribution in [0.5, 0.6) is 0 Å². The van der Waals surface area contributed by atoms with Gasteiger partial charge in [0.15, 0.2) is 0 Å². The maximum Gasteiger partial charge on any atom is 0.328 e. The summed E-state index contributed by atoms with van der Waals surface area (Å²) < 4.78 is 0. The lowest BCUT2D eigenvalue weighted by Gasteiger charge is -2.22. The number of aryl methyl sites for hydroxylation is 1. The van der Waals surface area contributed by atoms with Crippen LogP contribution in [0.3, 0.4) is 0 Å². The number of para-hydroxylation sites is 1. The molecule has 1 aromatic rings. The molecule has 0 unspecified atom stereocenters. The Kier molecular flexibility index (Phi) is 5.11. The van der Waals surface area contributed by atoms with E-state index >= 15 is 0 Å². The van der Waals surface area contributed by atoms with E-state index in [0.717, 1.165) is 29.8 Å². The second-order valence-electron chi connectivity index (χ2n) is 3.74. The monoisotopic (exact) mass is 247 g/mol. The number of likely N-dealkylation sites (N-methyl/N-ethyl adjacent to an activating group) is 1. The van der Waals surface area contributed by atoms with Crippen molar-refractivity contribution in [1.82, 2.24) is 0 Å². The summed E-state index contributed by atoms with van der Waals surface area (Å²) in [5.74, 6) is -1.44. The van der Waals surface area contributed by atoms with Crippen molar-refractivity contribution >= 4 is 17.6 Å². The van der Waals surface area contributed by atoms with E-state index in [-0.39, 0.29) is 5.91 Å². The Bertz CT molecular complexity index is 466. The average Bonchev–Trinajstić information content (AvgIpc) is 2.37. The zero-order chi connectivity index (χ0) is 13.5. The molecule has 0 radical (unpaired) electrons. The topological polar surface area (TPSA) is 57.6 Å². The van der Waals surface area contributed by atoms with Gasteiger partial charge in [-0.15, -0.1) is 0 Å². The van der Waals surface area contributed by atoms with E-state index < -0.39 is 5.97 Å². The highest BCUT2D eigenvalue weighted by atomic mass is 16.4. The molecule has 0 atom stereocenters. The van der Waals surface area contributed by atoms with Crippen molar-refractivity contribution in [2.45, 2.75) is 20.3 Å². The number of carbonyl (C=O) groups excluding carboxylic acids is 1. The van der Waals surface area contributed by atoms with Gasteiger partial charge in [-0.1, -0.05) is 25.1 Å². The number of benzene rings is 1. The maximum atomic E-state index is 11.9. The molecule has 0 saturated carbocycles. The first kappa shape index (κ1) is 14.0. The predicted molar refractivity (Wildman–Crippen MR) is 70.6 cm³/mol. The number of amides is 1. The highest BCUT2D eigenvalue weighted by Crippen LogP contribution is 2.21. The minimum absolute atomic E-state index is 0.319. The largest absolute Gasteiger partial charge is 0.478 e. The zero-order valence-electron chi connectivity index (χ0n) is 10.6. The van der Waals surface area contributed by atoms with Gasteiger partial charge in [0.2, 0.25) is 0 Å². The van der Waals surface area contributed by atoms with E-state index in [1.54, 1.807) is 4.90 Å². The van der Waals surface area contributed by atoms with E-state index in [1.165, 1.54) is 0 Å². The van der Waals surface area contributed by atoms with Gasteiger partial charge < -0.3 is 10.0 Å². The molecule has 4 heteroatoms. The van der Waals surface area contributed by atoms with E-state index in [9.17, 15) is 9.59 Å². The molecule has 0 aromatic heterocycles. The summed E-state index contributed by atoms with van der Waals surface area (Å²) in [4.78, 5) is 23.9. The third-order valence-electron chi connectivity index (χ3n) is 2.61. The van der Waals surface area contributed by atoms with E-state index in [2.05, 4.69) is 0 Å². The summed E-state index contributed by atoms with van der Waals surface area (Å²) in [6.07, 6.45) is 2.76. The van der Waals surface area contributed by atoms with Gasteiger partial charge in [0.25, 0.3) is 5.91 Å². The number of hydrogen-bond acceptors (Lipinski definition) is 2. The minimum Gasteiger partial charge on any atom is -0.478 e. The Morgan fingerprint density at radius 2 is 1.89 bits per heavy atom. The fraction of sp³-hybridized carbons (Fsp3) is 0.286. The van der Waals surface area contributed by atoms with Gasteiger partial charge in [-0.25, -0.2) is 4.79 Å². The van der Waals surface area contributed by atoms with Crippen LogP contribution in [0.2, 0.25) is 0 Å². The minimum atomic E-state index is -1.12. The van der Waals surface area contributed by atoms with E-state index in [1.807, 2.05) is 38.1 Å². The van der Waals surface area contributed by atoms with Gasteiger partial charge in [0, 0.05) is 24.4 Å². The molecule has 1 amide bonds. The van der Waals surface area contributed by atoms with Crippen molar-refractivity contribution in [3.8, 4) is 0 Å². The normalized spacial score (nSPS) is 10.6. The molecule has 0 aliphatic carbocycles. The highest BCUT2D eigenvalue weighted by molar-refractivity contribution is 6.04. The van der Waals surface area contributed by atoms with Crippen molar-refractivity contribution in [2.75, 3.05) is 11.4 Å². The van der Waals surface area contributed by atoms with Gasteiger partial charge in [0.05, 0.1) is 0 Å².